The number of rotatable bonds is 17. The Labute approximate surface area is 276 Å². The van der Waals surface area contributed by atoms with Crippen molar-refractivity contribution in [2.75, 3.05) is 68.5 Å². The molecule has 1 saturated heterocycles. The number of hydrogen-bond donors (Lipinski definition) is 1. The first kappa shape index (κ1) is 35.6. The third kappa shape index (κ3) is 9.18. The Morgan fingerprint density at radius 1 is 1.00 bits per heavy atom. The van der Waals surface area contributed by atoms with Gasteiger partial charge < -0.3 is 29.7 Å². The van der Waals surface area contributed by atoms with Crippen molar-refractivity contribution < 1.29 is 14.3 Å². The van der Waals surface area contributed by atoms with Gasteiger partial charge in [-0.1, -0.05) is 46.5 Å². The third-order valence-corrected chi connectivity index (χ3v) is 9.37. The van der Waals surface area contributed by atoms with Crippen molar-refractivity contribution in [1.29, 1.82) is 0 Å². The molecule has 0 aliphatic carbocycles. The summed E-state index contributed by atoms with van der Waals surface area (Å²) in [5.74, 6) is 2.67. The first-order valence-corrected chi connectivity index (χ1v) is 17.5. The van der Waals surface area contributed by atoms with Gasteiger partial charge in [0.15, 0.2) is 11.6 Å². The molecule has 1 atom stereocenters. The highest BCUT2D eigenvalue weighted by Gasteiger charge is 2.38. The van der Waals surface area contributed by atoms with E-state index in [2.05, 4.69) is 52.7 Å². The Kier molecular flexibility index (Phi) is 13.2. The van der Waals surface area contributed by atoms with E-state index in [1.54, 1.807) is 31.3 Å². The zero-order valence-electron chi connectivity index (χ0n) is 29.3. The van der Waals surface area contributed by atoms with Gasteiger partial charge in [-0.2, -0.15) is 4.98 Å². The summed E-state index contributed by atoms with van der Waals surface area (Å²) in [5.41, 5.74) is 2.01. The predicted octanol–water partition coefficient (Wildman–Crippen LogP) is 6.39. The fourth-order valence-electron chi connectivity index (χ4n) is 6.61. The molecule has 2 aliphatic heterocycles. The van der Waals surface area contributed by atoms with Crippen LogP contribution in [0.3, 0.4) is 0 Å². The van der Waals surface area contributed by atoms with Crippen LogP contribution in [-0.4, -0.2) is 97.0 Å². The lowest BCUT2D eigenvalue weighted by molar-refractivity contribution is -0.120. The fourth-order valence-corrected chi connectivity index (χ4v) is 6.61. The minimum atomic E-state index is -0.274. The second-order valence-corrected chi connectivity index (χ2v) is 13.6. The molecule has 0 saturated carbocycles. The quantitative estimate of drug-likeness (QED) is 0.157. The van der Waals surface area contributed by atoms with Gasteiger partial charge in [0.1, 0.15) is 17.5 Å². The van der Waals surface area contributed by atoms with Crippen LogP contribution in [0.1, 0.15) is 96.3 Å². The van der Waals surface area contributed by atoms with Crippen molar-refractivity contribution in [3.8, 4) is 5.75 Å². The number of benzene rings is 1. The number of nitrogens with one attached hydrogen (secondary N) is 1. The smallest absolute Gasteiger partial charge is 0.249 e. The first-order chi connectivity index (χ1) is 22.1. The van der Waals surface area contributed by atoms with Gasteiger partial charge in [-0.15, -0.1) is 0 Å². The van der Waals surface area contributed by atoms with Gasteiger partial charge in [0.05, 0.1) is 19.0 Å². The van der Waals surface area contributed by atoms with E-state index < -0.39 is 0 Å². The third-order valence-electron chi connectivity index (χ3n) is 9.37. The molecule has 2 aromatic rings. The normalized spacial score (nSPS) is 17.6. The van der Waals surface area contributed by atoms with E-state index in [9.17, 15) is 9.59 Å². The highest BCUT2D eigenvalue weighted by atomic mass is 16.5. The Hall–Kier alpha value is -3.24. The summed E-state index contributed by atoms with van der Waals surface area (Å²) in [6, 6.07) is 5.30. The largest absolute Gasteiger partial charge is 0.495 e. The topological polar surface area (TPSA) is 94.1 Å². The van der Waals surface area contributed by atoms with Crippen LogP contribution >= 0.6 is 0 Å². The molecule has 0 bridgehead atoms. The van der Waals surface area contributed by atoms with Gasteiger partial charge in [0.25, 0.3) is 0 Å². The molecule has 1 aromatic carbocycles. The number of aromatic nitrogens is 2. The van der Waals surface area contributed by atoms with Gasteiger partial charge in [-0.05, 0) is 70.3 Å². The average Bonchev–Trinajstić information content (AvgIpc) is 3.04. The van der Waals surface area contributed by atoms with Crippen LogP contribution in [-0.2, 0) is 4.79 Å². The van der Waals surface area contributed by atoms with Crippen molar-refractivity contribution in [3.63, 3.8) is 0 Å². The molecule has 0 radical (unpaired) electrons. The number of anilines is 4. The highest BCUT2D eigenvalue weighted by Crippen LogP contribution is 2.37. The molecule has 3 heterocycles. The molecular formula is C36H57N7O3. The standard InChI is InChI=1S/C36H57N7O3/c1-8-30-35(45)40(6)31-25-37-36(39-34(31)43(30)27(4)5)38-29-17-16-28(24-33(29)46-7)32(44)15-13-19-42-22-20-41(21-23-42)18-12-10-9-11-14-26(2)3/h16-17,24-27,30H,8-15,18-23H2,1-7H3,(H,37,38,39)/t30-/m0/s1. The van der Waals surface area contributed by atoms with E-state index >= 15 is 0 Å². The number of Topliss-reactive ketones (excluding diaryl/α,β-unsaturated/α-hetero) is 1. The maximum Gasteiger partial charge on any atom is 0.249 e. The number of carbonyl (C=O) groups is 2. The second kappa shape index (κ2) is 17.1. The Bertz CT molecular complexity index is 1290. The predicted molar refractivity (Wildman–Crippen MR) is 188 cm³/mol. The number of piperazine rings is 1. The van der Waals surface area contributed by atoms with Gasteiger partial charge in [-0.25, -0.2) is 4.98 Å². The number of amides is 1. The molecule has 1 amide bonds. The van der Waals surface area contributed by atoms with Crippen molar-refractivity contribution in [1.82, 2.24) is 19.8 Å². The number of unbranched alkanes of at least 4 members (excludes halogenated alkanes) is 3. The van der Waals surface area contributed by atoms with Crippen LogP contribution < -0.4 is 19.9 Å². The molecule has 2 aliphatic rings. The van der Waals surface area contributed by atoms with Crippen LogP contribution in [0, 0.1) is 5.92 Å². The molecule has 1 fully saturated rings. The fraction of sp³-hybridized carbons (Fsp3) is 0.667. The molecule has 254 valence electrons. The molecule has 10 nitrogen and oxygen atoms in total. The van der Waals surface area contributed by atoms with Crippen LogP contribution in [0.2, 0.25) is 0 Å². The lowest BCUT2D eigenvalue weighted by atomic mass is 10.0. The zero-order chi connectivity index (χ0) is 33.2. The minimum absolute atomic E-state index is 0.0473. The summed E-state index contributed by atoms with van der Waals surface area (Å²) in [4.78, 5) is 44.2. The van der Waals surface area contributed by atoms with Crippen molar-refractivity contribution in [3.05, 3.63) is 30.0 Å². The number of carbonyl (C=O) groups excluding carboxylic acids is 2. The number of ether oxygens (including phenoxy) is 1. The lowest BCUT2D eigenvalue weighted by Crippen LogP contribution is -2.54. The SMILES string of the molecule is CC[C@H]1C(=O)N(C)c2cnc(Nc3ccc(C(=O)CCCN4CCN(CCCCCCC(C)C)CC4)cc3OC)nc2N1C(C)C. The first-order valence-electron chi connectivity index (χ1n) is 17.5. The van der Waals surface area contributed by atoms with Crippen LogP contribution in [0.15, 0.2) is 24.4 Å². The van der Waals surface area contributed by atoms with Gasteiger partial charge in [-0.3, -0.25) is 9.59 Å². The Balaban J connectivity index is 1.27. The van der Waals surface area contributed by atoms with Gasteiger partial charge in [0, 0.05) is 51.3 Å². The molecule has 10 heteroatoms. The molecule has 0 spiro atoms. The van der Waals surface area contributed by atoms with Crippen LogP contribution in [0.5, 0.6) is 5.75 Å². The van der Waals surface area contributed by atoms with E-state index in [1.165, 1.54) is 38.6 Å². The van der Waals surface area contributed by atoms with Crippen LogP contribution in [0.25, 0.3) is 0 Å². The maximum atomic E-state index is 13.1. The second-order valence-electron chi connectivity index (χ2n) is 13.6. The minimum Gasteiger partial charge on any atom is -0.495 e. The van der Waals surface area contributed by atoms with E-state index in [0.29, 0.717) is 41.5 Å². The lowest BCUT2D eigenvalue weighted by Gasteiger charge is -2.42. The van der Waals surface area contributed by atoms with Crippen molar-refractivity contribution in [2.45, 2.75) is 98.1 Å². The van der Waals surface area contributed by atoms with E-state index in [-0.39, 0.29) is 23.8 Å². The van der Waals surface area contributed by atoms with Crippen molar-refractivity contribution >= 4 is 34.8 Å². The number of methoxy groups -OCH3 is 1. The zero-order valence-corrected chi connectivity index (χ0v) is 29.3. The monoisotopic (exact) mass is 635 g/mol. The maximum absolute atomic E-state index is 13.1. The molecule has 4 rings (SSSR count). The van der Waals surface area contributed by atoms with Crippen LogP contribution in [0.4, 0.5) is 23.1 Å². The summed E-state index contributed by atoms with van der Waals surface area (Å²) >= 11 is 0. The number of nitrogens with zero attached hydrogens (tertiary/aromatic N) is 6. The molecule has 1 N–H and O–H groups in total. The van der Waals surface area contributed by atoms with E-state index in [4.69, 9.17) is 9.72 Å². The van der Waals surface area contributed by atoms with Gasteiger partial charge >= 0.3 is 0 Å². The van der Waals surface area contributed by atoms with Crippen molar-refractivity contribution in [2.24, 2.45) is 5.92 Å². The number of fused-ring (bicyclic) bond motifs is 1. The highest BCUT2D eigenvalue weighted by molar-refractivity contribution is 6.04. The average molecular weight is 636 g/mol. The Morgan fingerprint density at radius 2 is 1.67 bits per heavy atom. The summed E-state index contributed by atoms with van der Waals surface area (Å²) < 4.78 is 5.67. The number of likely N-dealkylation sites (N-methyl/N-ethyl adjacent to an activating group) is 1. The number of ketones is 1. The van der Waals surface area contributed by atoms with Gasteiger partial charge in [0.2, 0.25) is 11.9 Å². The molecule has 46 heavy (non-hydrogen) atoms. The molecular weight excluding hydrogens is 578 g/mol. The molecule has 1 aromatic heterocycles. The number of hydrogen-bond acceptors (Lipinski definition) is 9. The van der Waals surface area contributed by atoms with E-state index in [0.717, 1.165) is 50.9 Å². The summed E-state index contributed by atoms with van der Waals surface area (Å²) in [6.45, 7) is 17.4. The van der Waals surface area contributed by atoms with E-state index in [1.807, 2.05) is 19.1 Å². The summed E-state index contributed by atoms with van der Waals surface area (Å²) in [6.07, 6.45) is 10.5. The summed E-state index contributed by atoms with van der Waals surface area (Å²) in [7, 11) is 3.37. The Morgan fingerprint density at radius 3 is 2.30 bits per heavy atom. The summed E-state index contributed by atoms with van der Waals surface area (Å²) in [5, 5.41) is 3.27. The molecule has 0 unspecified atom stereocenters.